The van der Waals surface area contributed by atoms with E-state index in [1.165, 1.54) is 23.5 Å². The topological polar surface area (TPSA) is 36.4 Å². The van der Waals surface area contributed by atoms with Gasteiger partial charge in [-0.05, 0) is 59.4 Å². The number of hydrogen-bond acceptors (Lipinski definition) is 4. The zero-order valence-corrected chi connectivity index (χ0v) is 17.7. The van der Waals surface area contributed by atoms with E-state index < -0.39 is 0 Å². The van der Waals surface area contributed by atoms with Crippen LogP contribution < -0.4 is 4.90 Å². The van der Waals surface area contributed by atoms with Gasteiger partial charge < -0.3 is 4.90 Å². The molecule has 0 fully saturated rings. The van der Waals surface area contributed by atoms with Crippen LogP contribution in [-0.2, 0) is 0 Å². The normalized spacial score (nSPS) is 11.3. The quantitative estimate of drug-likeness (QED) is 0.498. The van der Waals surface area contributed by atoms with E-state index in [1.807, 2.05) is 18.2 Å². The molecule has 0 unspecified atom stereocenters. The summed E-state index contributed by atoms with van der Waals surface area (Å²) in [6.07, 6.45) is 0. The summed E-state index contributed by atoms with van der Waals surface area (Å²) in [5.74, 6) is -0.418. The molecule has 0 saturated heterocycles. The first-order valence-corrected chi connectivity index (χ1v) is 10.5. The molecule has 27 heavy (non-hydrogen) atoms. The fourth-order valence-corrected chi connectivity index (χ4v) is 4.32. The van der Waals surface area contributed by atoms with Crippen LogP contribution in [0, 0.1) is 5.82 Å². The van der Waals surface area contributed by atoms with E-state index in [0.29, 0.717) is 22.8 Å². The molecule has 4 nitrogen and oxygen atoms in total. The highest BCUT2D eigenvalue weighted by Gasteiger charge is 2.23. The molecule has 3 rings (SSSR count). The molecule has 0 radical (unpaired) electrons. The number of nitrogens with zero attached hydrogens (tertiary/aromatic N) is 3. The summed E-state index contributed by atoms with van der Waals surface area (Å²) < 4.78 is 15.0. The Morgan fingerprint density at radius 2 is 1.89 bits per heavy atom. The zero-order valence-electron chi connectivity index (χ0n) is 15.3. The second kappa shape index (κ2) is 8.91. The summed E-state index contributed by atoms with van der Waals surface area (Å²) in [6, 6.07) is 11.9. The summed E-state index contributed by atoms with van der Waals surface area (Å²) in [6.45, 7) is 7.29. The van der Waals surface area contributed by atoms with Crippen LogP contribution in [0.5, 0.6) is 0 Å². The van der Waals surface area contributed by atoms with Crippen molar-refractivity contribution in [2.45, 2.75) is 13.8 Å². The van der Waals surface area contributed by atoms with Crippen molar-refractivity contribution in [3.8, 4) is 0 Å². The molecule has 0 saturated carbocycles. The molecule has 0 aliphatic carbocycles. The molecule has 0 N–H and O–H groups in total. The summed E-state index contributed by atoms with van der Waals surface area (Å²) in [7, 11) is 0. The Bertz CT molecular complexity index is 942. The zero-order chi connectivity index (χ0) is 19.4. The molecule has 7 heteroatoms. The number of anilines is 1. The highest BCUT2D eigenvalue weighted by Crippen LogP contribution is 2.31. The fraction of sp³-hybridized carbons (Fsp3) is 0.300. The van der Waals surface area contributed by atoms with Gasteiger partial charge in [-0.1, -0.05) is 37.3 Å². The molecule has 3 aromatic rings. The second-order valence-corrected chi connectivity index (χ2v) is 7.94. The van der Waals surface area contributed by atoms with Crippen LogP contribution in [0.1, 0.15) is 24.2 Å². The maximum Gasteiger partial charge on any atom is 0.261 e. The van der Waals surface area contributed by atoms with E-state index in [0.717, 1.165) is 28.8 Å². The lowest BCUT2D eigenvalue weighted by molar-refractivity contribution is 0.0983. The van der Waals surface area contributed by atoms with E-state index in [4.69, 9.17) is 0 Å². The molecule has 142 valence electrons. The van der Waals surface area contributed by atoms with Gasteiger partial charge in [0.05, 0.1) is 15.8 Å². The van der Waals surface area contributed by atoms with Crippen LogP contribution in [0.2, 0.25) is 0 Å². The Hall–Kier alpha value is -1.83. The van der Waals surface area contributed by atoms with Gasteiger partial charge in [-0.3, -0.25) is 9.69 Å². The lowest BCUT2D eigenvalue weighted by Gasteiger charge is -2.25. The Balaban J connectivity index is 1.97. The first-order valence-electron chi connectivity index (χ1n) is 8.88. The van der Waals surface area contributed by atoms with E-state index in [9.17, 15) is 9.18 Å². The average Bonchev–Trinajstić information content (AvgIpc) is 3.08. The number of halogens is 2. The van der Waals surface area contributed by atoms with E-state index in [2.05, 4.69) is 39.7 Å². The largest absolute Gasteiger partial charge is 0.302 e. The number of fused-ring (bicyclic) bond motifs is 1. The number of carbonyl (C=O) groups is 1. The first kappa shape index (κ1) is 19.9. The SMILES string of the molecule is CCN(CC)CCN(C(=O)c1ccccc1Br)c1nc2ccc(F)cc2s1. The van der Waals surface area contributed by atoms with E-state index in [-0.39, 0.29) is 11.7 Å². The van der Waals surface area contributed by atoms with Crippen LogP contribution in [0.25, 0.3) is 10.2 Å². The first-order chi connectivity index (χ1) is 13.0. The van der Waals surface area contributed by atoms with Gasteiger partial charge in [-0.25, -0.2) is 9.37 Å². The maximum atomic E-state index is 13.6. The van der Waals surface area contributed by atoms with Crippen molar-refractivity contribution in [2.24, 2.45) is 0 Å². The standard InChI is InChI=1S/C20H21BrFN3OS/c1-3-24(4-2)11-12-25(19(26)15-7-5-6-8-16(15)21)20-23-17-10-9-14(22)13-18(17)27-20/h5-10,13H,3-4,11-12H2,1-2H3. The minimum absolute atomic E-state index is 0.117. The van der Waals surface area contributed by atoms with Crippen molar-refractivity contribution < 1.29 is 9.18 Å². The summed E-state index contributed by atoms with van der Waals surface area (Å²) in [4.78, 5) is 21.8. The lowest BCUT2D eigenvalue weighted by Crippen LogP contribution is -2.39. The van der Waals surface area contributed by atoms with Crippen LogP contribution in [0.15, 0.2) is 46.9 Å². The van der Waals surface area contributed by atoms with Crippen molar-refractivity contribution in [3.63, 3.8) is 0 Å². The van der Waals surface area contributed by atoms with Crippen molar-refractivity contribution in [1.29, 1.82) is 0 Å². The molecule has 0 aliphatic rings. The van der Waals surface area contributed by atoms with Gasteiger partial charge >= 0.3 is 0 Å². The number of amides is 1. The van der Waals surface area contributed by atoms with Crippen molar-refractivity contribution >= 4 is 48.5 Å². The number of hydrogen-bond donors (Lipinski definition) is 0. The summed E-state index contributed by atoms with van der Waals surface area (Å²) >= 11 is 4.80. The molecule has 1 amide bonds. The number of likely N-dealkylation sites (N-methyl/N-ethyl adjacent to an activating group) is 1. The van der Waals surface area contributed by atoms with Crippen molar-refractivity contribution in [1.82, 2.24) is 9.88 Å². The smallest absolute Gasteiger partial charge is 0.261 e. The molecular weight excluding hydrogens is 429 g/mol. The number of thiazole rings is 1. The van der Waals surface area contributed by atoms with Gasteiger partial charge in [0.25, 0.3) is 5.91 Å². The molecule has 0 atom stereocenters. The molecule has 1 heterocycles. The Morgan fingerprint density at radius 3 is 2.59 bits per heavy atom. The molecule has 0 spiro atoms. The van der Waals surface area contributed by atoms with Crippen LogP contribution in [0.3, 0.4) is 0 Å². The predicted octanol–water partition coefficient (Wildman–Crippen LogP) is 5.19. The highest BCUT2D eigenvalue weighted by atomic mass is 79.9. The molecule has 1 aromatic heterocycles. The van der Waals surface area contributed by atoms with Crippen LogP contribution in [-0.4, -0.2) is 42.0 Å². The van der Waals surface area contributed by atoms with Gasteiger partial charge in [0.1, 0.15) is 5.82 Å². The molecule has 0 bridgehead atoms. The summed E-state index contributed by atoms with van der Waals surface area (Å²) in [5.41, 5.74) is 1.28. The molecule has 2 aromatic carbocycles. The third kappa shape index (κ3) is 4.54. The van der Waals surface area contributed by atoms with Gasteiger partial charge in [-0.2, -0.15) is 0 Å². The fourth-order valence-electron chi connectivity index (χ4n) is 2.85. The van der Waals surface area contributed by atoms with Crippen molar-refractivity contribution in [3.05, 3.63) is 58.3 Å². The highest BCUT2D eigenvalue weighted by molar-refractivity contribution is 9.10. The minimum atomic E-state index is -0.301. The third-order valence-electron chi connectivity index (χ3n) is 4.45. The lowest BCUT2D eigenvalue weighted by atomic mass is 10.2. The third-order valence-corrected chi connectivity index (χ3v) is 6.19. The Kier molecular flexibility index (Phi) is 6.57. The van der Waals surface area contributed by atoms with Crippen LogP contribution in [0.4, 0.5) is 9.52 Å². The van der Waals surface area contributed by atoms with E-state index in [1.54, 1.807) is 17.0 Å². The predicted molar refractivity (Wildman–Crippen MR) is 113 cm³/mol. The monoisotopic (exact) mass is 449 g/mol. The number of aromatic nitrogens is 1. The van der Waals surface area contributed by atoms with E-state index >= 15 is 0 Å². The molecular formula is C20H21BrFN3OS. The number of carbonyl (C=O) groups excluding carboxylic acids is 1. The Morgan fingerprint density at radius 1 is 1.15 bits per heavy atom. The van der Waals surface area contributed by atoms with Gasteiger partial charge in [0.15, 0.2) is 5.13 Å². The average molecular weight is 450 g/mol. The van der Waals surface area contributed by atoms with Gasteiger partial charge in [0.2, 0.25) is 0 Å². The van der Waals surface area contributed by atoms with Gasteiger partial charge in [0, 0.05) is 17.6 Å². The molecule has 0 aliphatic heterocycles. The summed E-state index contributed by atoms with van der Waals surface area (Å²) in [5, 5.41) is 0.587. The number of rotatable bonds is 7. The maximum absolute atomic E-state index is 13.6. The van der Waals surface area contributed by atoms with Crippen molar-refractivity contribution in [2.75, 3.05) is 31.1 Å². The minimum Gasteiger partial charge on any atom is -0.302 e. The number of benzene rings is 2. The Labute approximate surface area is 170 Å². The second-order valence-electron chi connectivity index (χ2n) is 6.07. The van der Waals surface area contributed by atoms with Gasteiger partial charge in [-0.15, -0.1) is 0 Å². The van der Waals surface area contributed by atoms with Crippen LogP contribution >= 0.6 is 27.3 Å².